The van der Waals surface area contributed by atoms with E-state index in [4.69, 9.17) is 16.3 Å². The van der Waals surface area contributed by atoms with Crippen molar-refractivity contribution in [3.05, 3.63) is 71.4 Å². The maximum atomic E-state index is 5.99. The Kier molecular flexibility index (Phi) is 5.69. The molecule has 2 N–H and O–H groups in total. The Morgan fingerprint density at radius 2 is 1.96 bits per heavy atom. The summed E-state index contributed by atoms with van der Waals surface area (Å²) in [6, 6.07) is 17.3. The van der Waals surface area contributed by atoms with E-state index < -0.39 is 0 Å². The Morgan fingerprint density at radius 3 is 2.80 bits per heavy atom. The number of rotatable bonds is 7. The van der Waals surface area contributed by atoms with Gasteiger partial charge in [0.25, 0.3) is 0 Å². The van der Waals surface area contributed by atoms with Crippen molar-refractivity contribution >= 4 is 29.1 Å². The number of methoxy groups -OCH3 is 1. The molecule has 2 aromatic carbocycles. The highest BCUT2D eigenvalue weighted by Crippen LogP contribution is 2.19. The van der Waals surface area contributed by atoms with E-state index in [1.807, 2.05) is 48.5 Å². The molecule has 128 valence electrons. The fourth-order valence-electron chi connectivity index (χ4n) is 2.45. The van der Waals surface area contributed by atoms with Gasteiger partial charge in [0.2, 0.25) is 5.95 Å². The summed E-state index contributed by atoms with van der Waals surface area (Å²) < 4.78 is 5.37. The van der Waals surface area contributed by atoms with Gasteiger partial charge in [-0.15, -0.1) is 0 Å². The summed E-state index contributed by atoms with van der Waals surface area (Å²) in [5.41, 5.74) is 2.00. The Morgan fingerprint density at radius 1 is 1.08 bits per heavy atom. The van der Waals surface area contributed by atoms with Crippen molar-refractivity contribution < 1.29 is 4.74 Å². The predicted octanol–water partition coefficient (Wildman–Crippen LogP) is 4.54. The number of halogens is 1. The van der Waals surface area contributed by atoms with E-state index in [-0.39, 0.29) is 0 Å². The third kappa shape index (κ3) is 4.84. The first-order valence-electron chi connectivity index (χ1n) is 7.96. The van der Waals surface area contributed by atoms with Gasteiger partial charge in [-0.25, -0.2) is 4.98 Å². The predicted molar refractivity (Wildman–Crippen MR) is 102 cm³/mol. The van der Waals surface area contributed by atoms with Crippen LogP contribution in [0.5, 0.6) is 5.75 Å². The number of aromatic nitrogens is 2. The summed E-state index contributed by atoms with van der Waals surface area (Å²) in [7, 11) is 1.68. The third-order valence-corrected chi connectivity index (χ3v) is 3.86. The lowest BCUT2D eigenvalue weighted by molar-refractivity contribution is 0.410. The summed E-state index contributed by atoms with van der Waals surface area (Å²) in [6.45, 7) is 0.744. The van der Waals surface area contributed by atoms with E-state index in [1.54, 1.807) is 13.3 Å². The lowest BCUT2D eigenvalue weighted by atomic mass is 10.1. The molecule has 6 heteroatoms. The van der Waals surface area contributed by atoms with Crippen LogP contribution in [0.3, 0.4) is 0 Å². The van der Waals surface area contributed by atoms with Crippen LogP contribution in [0.2, 0.25) is 5.02 Å². The van der Waals surface area contributed by atoms with E-state index in [0.29, 0.717) is 11.0 Å². The topological polar surface area (TPSA) is 59.1 Å². The molecule has 1 heterocycles. The number of benzene rings is 2. The Labute approximate surface area is 152 Å². The molecular formula is C19H19ClN4O. The molecule has 0 atom stereocenters. The van der Waals surface area contributed by atoms with E-state index in [1.165, 1.54) is 0 Å². The Hall–Kier alpha value is -2.79. The molecule has 3 aromatic rings. The quantitative estimate of drug-likeness (QED) is 0.652. The minimum atomic E-state index is 0.518. The van der Waals surface area contributed by atoms with Crippen molar-refractivity contribution in [2.75, 3.05) is 24.3 Å². The summed E-state index contributed by atoms with van der Waals surface area (Å²) in [5.74, 6) is 2.18. The average Bonchev–Trinajstić information content (AvgIpc) is 2.62. The summed E-state index contributed by atoms with van der Waals surface area (Å²) >= 11 is 5.99. The van der Waals surface area contributed by atoms with Gasteiger partial charge in [-0.1, -0.05) is 35.9 Å². The second-order valence-electron chi connectivity index (χ2n) is 5.39. The second-order valence-corrected chi connectivity index (χ2v) is 5.83. The fraction of sp³-hybridized carbons (Fsp3) is 0.158. The minimum absolute atomic E-state index is 0.518. The van der Waals surface area contributed by atoms with Gasteiger partial charge in [0, 0.05) is 23.5 Å². The Bertz CT molecular complexity index is 841. The van der Waals surface area contributed by atoms with Crippen LogP contribution in [0.15, 0.2) is 60.8 Å². The van der Waals surface area contributed by atoms with Crippen LogP contribution < -0.4 is 15.4 Å². The summed E-state index contributed by atoms with van der Waals surface area (Å²) in [5, 5.41) is 7.12. The lowest BCUT2D eigenvalue weighted by Crippen LogP contribution is -2.08. The highest BCUT2D eigenvalue weighted by Gasteiger charge is 2.03. The van der Waals surface area contributed by atoms with Gasteiger partial charge in [0.1, 0.15) is 11.6 Å². The van der Waals surface area contributed by atoms with E-state index in [0.717, 1.165) is 35.8 Å². The van der Waals surface area contributed by atoms with Crippen LogP contribution in [0.1, 0.15) is 5.56 Å². The molecule has 0 aliphatic carbocycles. The zero-order valence-corrected chi connectivity index (χ0v) is 14.6. The SMILES string of the molecule is COc1ccccc1CCNc1ccnc(Nc2cccc(Cl)c2)n1. The third-order valence-electron chi connectivity index (χ3n) is 3.63. The molecule has 0 fully saturated rings. The van der Waals surface area contributed by atoms with Crippen LogP contribution in [0.25, 0.3) is 0 Å². The number of nitrogens with one attached hydrogen (secondary N) is 2. The van der Waals surface area contributed by atoms with Crippen molar-refractivity contribution in [2.45, 2.75) is 6.42 Å². The number of hydrogen-bond acceptors (Lipinski definition) is 5. The Balaban J connectivity index is 1.60. The monoisotopic (exact) mass is 354 g/mol. The molecule has 0 bridgehead atoms. The van der Waals surface area contributed by atoms with Gasteiger partial charge in [-0.05, 0) is 42.3 Å². The van der Waals surface area contributed by atoms with Gasteiger partial charge < -0.3 is 15.4 Å². The highest BCUT2D eigenvalue weighted by molar-refractivity contribution is 6.30. The molecule has 25 heavy (non-hydrogen) atoms. The molecule has 1 aromatic heterocycles. The van der Waals surface area contributed by atoms with Crippen LogP contribution >= 0.6 is 11.6 Å². The van der Waals surface area contributed by atoms with Crippen LogP contribution in [-0.4, -0.2) is 23.6 Å². The zero-order valence-electron chi connectivity index (χ0n) is 13.9. The van der Waals surface area contributed by atoms with Crippen molar-refractivity contribution in [3.63, 3.8) is 0 Å². The lowest BCUT2D eigenvalue weighted by Gasteiger charge is -2.10. The van der Waals surface area contributed by atoms with Crippen molar-refractivity contribution in [2.24, 2.45) is 0 Å². The first-order chi connectivity index (χ1) is 12.2. The summed E-state index contributed by atoms with van der Waals surface area (Å²) in [6.07, 6.45) is 2.55. The van der Waals surface area contributed by atoms with E-state index >= 15 is 0 Å². The van der Waals surface area contributed by atoms with E-state index in [9.17, 15) is 0 Å². The number of nitrogens with zero attached hydrogens (tertiary/aromatic N) is 2. The largest absolute Gasteiger partial charge is 0.496 e. The first-order valence-corrected chi connectivity index (χ1v) is 8.34. The molecule has 5 nitrogen and oxygen atoms in total. The van der Waals surface area contributed by atoms with Crippen LogP contribution in [-0.2, 0) is 6.42 Å². The van der Waals surface area contributed by atoms with Gasteiger partial charge >= 0.3 is 0 Å². The van der Waals surface area contributed by atoms with Crippen molar-refractivity contribution in [1.29, 1.82) is 0 Å². The van der Waals surface area contributed by atoms with Crippen LogP contribution in [0.4, 0.5) is 17.5 Å². The average molecular weight is 355 g/mol. The van der Waals surface area contributed by atoms with Crippen molar-refractivity contribution in [1.82, 2.24) is 9.97 Å². The number of hydrogen-bond donors (Lipinski definition) is 2. The van der Waals surface area contributed by atoms with Gasteiger partial charge in [-0.3, -0.25) is 0 Å². The normalized spacial score (nSPS) is 10.3. The zero-order chi connectivity index (χ0) is 17.5. The van der Waals surface area contributed by atoms with Crippen molar-refractivity contribution in [3.8, 4) is 5.75 Å². The minimum Gasteiger partial charge on any atom is -0.496 e. The number of anilines is 3. The molecule has 0 aliphatic heterocycles. The highest BCUT2D eigenvalue weighted by atomic mass is 35.5. The standard InChI is InChI=1S/C19H19ClN4O/c1-25-17-8-3-2-5-14(17)9-11-21-18-10-12-22-19(24-18)23-16-7-4-6-15(20)13-16/h2-8,10,12-13H,9,11H2,1H3,(H2,21,22,23,24). The molecule has 0 unspecified atom stereocenters. The molecule has 0 radical (unpaired) electrons. The fourth-order valence-corrected chi connectivity index (χ4v) is 2.64. The van der Waals surface area contributed by atoms with Gasteiger partial charge in [-0.2, -0.15) is 4.98 Å². The number of para-hydroxylation sites is 1. The summed E-state index contributed by atoms with van der Waals surface area (Å²) in [4.78, 5) is 8.70. The first kappa shape index (κ1) is 17.0. The molecule has 0 saturated carbocycles. The molecule has 0 spiro atoms. The smallest absolute Gasteiger partial charge is 0.229 e. The van der Waals surface area contributed by atoms with Gasteiger partial charge in [0.15, 0.2) is 0 Å². The maximum absolute atomic E-state index is 5.99. The molecule has 0 saturated heterocycles. The van der Waals surface area contributed by atoms with E-state index in [2.05, 4.69) is 26.7 Å². The van der Waals surface area contributed by atoms with Gasteiger partial charge in [0.05, 0.1) is 7.11 Å². The molecule has 0 amide bonds. The molecular weight excluding hydrogens is 336 g/mol. The number of ether oxygens (including phenoxy) is 1. The molecule has 3 rings (SSSR count). The maximum Gasteiger partial charge on any atom is 0.229 e. The molecule has 0 aliphatic rings. The van der Waals surface area contributed by atoms with Crippen LogP contribution in [0, 0.1) is 0 Å². The second kappa shape index (κ2) is 8.35.